The van der Waals surface area contributed by atoms with E-state index in [2.05, 4.69) is 4.72 Å². The normalized spacial score (nSPS) is 23.1. The lowest BCUT2D eigenvalue weighted by Gasteiger charge is -2.19. The van der Waals surface area contributed by atoms with E-state index in [4.69, 9.17) is 5.73 Å². The molecule has 1 fully saturated rings. The second-order valence-corrected chi connectivity index (χ2v) is 6.93. The van der Waals surface area contributed by atoms with Gasteiger partial charge in [0.15, 0.2) is 0 Å². The van der Waals surface area contributed by atoms with Gasteiger partial charge in [-0.15, -0.1) is 0 Å². The van der Waals surface area contributed by atoms with Crippen LogP contribution in [-0.2, 0) is 10.0 Å². The zero-order chi connectivity index (χ0) is 14.9. The lowest BCUT2D eigenvalue weighted by Crippen LogP contribution is -2.38. The van der Waals surface area contributed by atoms with Gasteiger partial charge in [-0.05, 0) is 37.8 Å². The number of anilines is 1. The molecule has 2 rings (SSSR count). The molecule has 0 aromatic heterocycles. The van der Waals surface area contributed by atoms with Gasteiger partial charge in [-0.2, -0.15) is 0 Å². The molecule has 4 N–H and O–H groups in total. The summed E-state index contributed by atoms with van der Waals surface area (Å²) in [4.78, 5) is -0.179. The summed E-state index contributed by atoms with van der Waals surface area (Å²) in [5.41, 5.74) is 5.95. The SMILES string of the molecule is Cc1c(N)cc(S(=O)(=O)NC2CCCC2CO)cc1F. The molecule has 0 heterocycles. The predicted octanol–water partition coefficient (Wildman–Crippen LogP) is 1.16. The first-order valence-electron chi connectivity index (χ1n) is 6.54. The van der Waals surface area contributed by atoms with Crippen molar-refractivity contribution in [1.82, 2.24) is 4.72 Å². The van der Waals surface area contributed by atoms with Crippen LogP contribution in [-0.4, -0.2) is 26.2 Å². The van der Waals surface area contributed by atoms with Crippen LogP contribution in [0, 0.1) is 18.7 Å². The maximum atomic E-state index is 13.6. The van der Waals surface area contributed by atoms with Crippen molar-refractivity contribution >= 4 is 15.7 Å². The highest BCUT2D eigenvalue weighted by molar-refractivity contribution is 7.89. The number of benzene rings is 1. The zero-order valence-corrected chi connectivity index (χ0v) is 12.1. The standard InChI is InChI=1S/C13H19FN2O3S/c1-8-11(14)5-10(6-12(8)15)20(18,19)16-13-4-2-3-9(13)7-17/h5-6,9,13,16-17H,2-4,7,15H2,1H3. The van der Waals surface area contributed by atoms with E-state index in [1.54, 1.807) is 0 Å². The average molecular weight is 302 g/mol. The van der Waals surface area contributed by atoms with E-state index in [0.717, 1.165) is 18.9 Å². The molecule has 2 atom stereocenters. The molecule has 7 heteroatoms. The summed E-state index contributed by atoms with van der Waals surface area (Å²) in [5, 5.41) is 9.21. The van der Waals surface area contributed by atoms with Gasteiger partial charge in [-0.1, -0.05) is 6.42 Å². The zero-order valence-electron chi connectivity index (χ0n) is 11.3. The number of nitrogen functional groups attached to an aromatic ring is 1. The van der Waals surface area contributed by atoms with Crippen LogP contribution in [0.15, 0.2) is 17.0 Å². The Balaban J connectivity index is 2.27. The van der Waals surface area contributed by atoms with Gasteiger partial charge >= 0.3 is 0 Å². The number of hydrogen-bond acceptors (Lipinski definition) is 4. The van der Waals surface area contributed by atoms with Crippen molar-refractivity contribution in [3.05, 3.63) is 23.5 Å². The minimum Gasteiger partial charge on any atom is -0.398 e. The topological polar surface area (TPSA) is 92.4 Å². The van der Waals surface area contributed by atoms with E-state index in [9.17, 15) is 17.9 Å². The number of aliphatic hydroxyl groups is 1. The van der Waals surface area contributed by atoms with Crippen LogP contribution < -0.4 is 10.5 Å². The maximum absolute atomic E-state index is 13.6. The molecule has 1 aliphatic rings. The first kappa shape index (κ1) is 15.2. The molecular weight excluding hydrogens is 283 g/mol. The van der Waals surface area contributed by atoms with Crippen molar-refractivity contribution in [2.24, 2.45) is 5.92 Å². The van der Waals surface area contributed by atoms with Crippen LogP contribution >= 0.6 is 0 Å². The highest BCUT2D eigenvalue weighted by atomic mass is 32.2. The van der Waals surface area contributed by atoms with Crippen LogP contribution in [0.25, 0.3) is 0 Å². The van der Waals surface area contributed by atoms with Crippen LogP contribution in [0.1, 0.15) is 24.8 Å². The summed E-state index contributed by atoms with van der Waals surface area (Å²) < 4.78 is 40.7. The highest BCUT2D eigenvalue weighted by Crippen LogP contribution is 2.27. The van der Waals surface area contributed by atoms with Gasteiger partial charge in [0.2, 0.25) is 10.0 Å². The molecule has 1 aliphatic carbocycles. The molecule has 2 unspecified atom stereocenters. The fourth-order valence-electron chi connectivity index (χ4n) is 2.51. The van der Waals surface area contributed by atoms with Gasteiger partial charge in [-0.25, -0.2) is 17.5 Å². The van der Waals surface area contributed by atoms with Crippen LogP contribution in [0.5, 0.6) is 0 Å². The number of aliphatic hydroxyl groups excluding tert-OH is 1. The van der Waals surface area contributed by atoms with E-state index in [-0.39, 0.29) is 34.7 Å². The average Bonchev–Trinajstić information content (AvgIpc) is 2.81. The number of nitrogens with two attached hydrogens (primary N) is 1. The van der Waals surface area contributed by atoms with Gasteiger partial charge < -0.3 is 10.8 Å². The Morgan fingerprint density at radius 1 is 1.45 bits per heavy atom. The van der Waals surface area contributed by atoms with Crippen LogP contribution in [0.3, 0.4) is 0 Å². The molecule has 0 saturated heterocycles. The molecule has 20 heavy (non-hydrogen) atoms. The van der Waals surface area contributed by atoms with E-state index in [1.165, 1.54) is 13.0 Å². The van der Waals surface area contributed by atoms with Gasteiger partial charge in [0.05, 0.1) is 4.90 Å². The third-order valence-corrected chi connectivity index (χ3v) is 5.34. The van der Waals surface area contributed by atoms with E-state index in [1.807, 2.05) is 0 Å². The van der Waals surface area contributed by atoms with Crippen molar-refractivity contribution in [3.8, 4) is 0 Å². The molecule has 5 nitrogen and oxygen atoms in total. The third kappa shape index (κ3) is 2.94. The molecule has 1 aromatic rings. The molecule has 0 amide bonds. The Kier molecular flexibility index (Phi) is 4.31. The second kappa shape index (κ2) is 5.67. The Labute approximate surface area is 118 Å². The number of nitrogens with one attached hydrogen (secondary N) is 1. The summed E-state index contributed by atoms with van der Waals surface area (Å²) in [6.45, 7) is 1.44. The van der Waals surface area contributed by atoms with E-state index >= 15 is 0 Å². The van der Waals surface area contributed by atoms with Gasteiger partial charge in [0.1, 0.15) is 5.82 Å². The van der Waals surface area contributed by atoms with Crippen LogP contribution in [0.2, 0.25) is 0 Å². The highest BCUT2D eigenvalue weighted by Gasteiger charge is 2.31. The fourth-order valence-corrected chi connectivity index (χ4v) is 3.89. The Morgan fingerprint density at radius 3 is 2.75 bits per heavy atom. The largest absolute Gasteiger partial charge is 0.398 e. The van der Waals surface area contributed by atoms with Gasteiger partial charge in [-0.3, -0.25) is 0 Å². The van der Waals surface area contributed by atoms with Crippen molar-refractivity contribution in [2.75, 3.05) is 12.3 Å². The molecular formula is C13H19FN2O3S. The monoisotopic (exact) mass is 302 g/mol. The Bertz CT molecular complexity index is 581. The maximum Gasteiger partial charge on any atom is 0.241 e. The molecule has 0 spiro atoms. The fraction of sp³-hybridized carbons (Fsp3) is 0.538. The van der Waals surface area contributed by atoms with Crippen molar-refractivity contribution < 1.29 is 17.9 Å². The smallest absolute Gasteiger partial charge is 0.241 e. The van der Waals surface area contributed by atoms with Crippen LogP contribution in [0.4, 0.5) is 10.1 Å². The summed E-state index contributed by atoms with van der Waals surface area (Å²) in [7, 11) is -3.83. The molecule has 1 saturated carbocycles. The van der Waals surface area contributed by atoms with Crippen molar-refractivity contribution in [3.63, 3.8) is 0 Å². The Morgan fingerprint density at radius 2 is 2.15 bits per heavy atom. The van der Waals surface area contributed by atoms with Gasteiger partial charge in [0.25, 0.3) is 0 Å². The molecule has 1 aromatic carbocycles. The number of rotatable bonds is 4. The first-order valence-corrected chi connectivity index (χ1v) is 8.02. The molecule has 0 radical (unpaired) electrons. The van der Waals surface area contributed by atoms with Crippen molar-refractivity contribution in [1.29, 1.82) is 0 Å². The molecule has 112 valence electrons. The summed E-state index contributed by atoms with van der Waals surface area (Å²) >= 11 is 0. The third-order valence-electron chi connectivity index (χ3n) is 3.87. The number of halogens is 1. The van der Waals surface area contributed by atoms with Crippen molar-refractivity contribution in [2.45, 2.75) is 37.1 Å². The summed E-state index contributed by atoms with van der Waals surface area (Å²) in [6.07, 6.45) is 2.32. The quantitative estimate of drug-likeness (QED) is 0.728. The minimum absolute atomic E-state index is 0.0580. The first-order chi connectivity index (χ1) is 9.35. The summed E-state index contributed by atoms with van der Waals surface area (Å²) in [5.74, 6) is -0.729. The van der Waals surface area contributed by atoms with E-state index < -0.39 is 15.8 Å². The number of hydrogen-bond donors (Lipinski definition) is 3. The van der Waals surface area contributed by atoms with E-state index in [0.29, 0.717) is 6.42 Å². The Hall–Kier alpha value is -1.18. The minimum atomic E-state index is -3.83. The lowest BCUT2D eigenvalue weighted by atomic mass is 10.1. The summed E-state index contributed by atoms with van der Waals surface area (Å²) in [6, 6.07) is 1.91. The molecule has 0 aliphatic heterocycles. The van der Waals surface area contributed by atoms with Gasteiger partial charge in [0, 0.05) is 23.9 Å². The second-order valence-electron chi connectivity index (χ2n) is 5.22. The molecule has 0 bridgehead atoms. The number of sulfonamides is 1. The lowest BCUT2D eigenvalue weighted by molar-refractivity contribution is 0.213. The predicted molar refractivity (Wildman–Crippen MR) is 74.1 cm³/mol.